The molecule has 0 radical (unpaired) electrons. The second kappa shape index (κ2) is 1.57. The lowest BCUT2D eigenvalue weighted by Gasteiger charge is -1.94. The fourth-order valence-corrected chi connectivity index (χ4v) is 1.25. The Bertz CT molecular complexity index is 198. The summed E-state index contributed by atoms with van der Waals surface area (Å²) in [6, 6.07) is 0. The number of fused-ring (bicyclic) bond motifs is 1. The van der Waals surface area contributed by atoms with E-state index in [0.717, 1.165) is 18.5 Å². The van der Waals surface area contributed by atoms with Crippen molar-refractivity contribution in [3.63, 3.8) is 0 Å². The van der Waals surface area contributed by atoms with Crippen LogP contribution in [0.2, 0.25) is 0 Å². The van der Waals surface area contributed by atoms with E-state index < -0.39 is 0 Å². The first kappa shape index (κ1) is 4.99. The van der Waals surface area contributed by atoms with Crippen LogP contribution in [0.25, 0.3) is 0 Å². The van der Waals surface area contributed by atoms with Gasteiger partial charge in [-0.2, -0.15) is 5.10 Å². The van der Waals surface area contributed by atoms with Gasteiger partial charge in [-0.05, 0) is 5.56 Å². The zero-order valence-corrected chi connectivity index (χ0v) is 4.96. The highest BCUT2D eigenvalue weighted by Gasteiger charge is 2.19. The van der Waals surface area contributed by atoms with Crippen molar-refractivity contribution >= 4 is 0 Å². The first-order valence-corrected chi connectivity index (χ1v) is 3.05. The third-order valence-electron chi connectivity index (χ3n) is 1.70. The first-order chi connectivity index (χ1) is 4.36. The summed E-state index contributed by atoms with van der Waals surface area (Å²) < 4.78 is 0. The predicted octanol–water partition coefficient (Wildman–Crippen LogP) is -0.131. The van der Waals surface area contributed by atoms with Gasteiger partial charge in [0.05, 0.1) is 12.3 Å². The molecule has 1 aliphatic rings. The smallest absolute Gasteiger partial charge is 0.0637 e. The molecule has 9 heavy (non-hydrogen) atoms. The second-order valence-electron chi connectivity index (χ2n) is 2.44. The van der Waals surface area contributed by atoms with Crippen LogP contribution < -0.4 is 0 Å². The molecule has 0 fully saturated rings. The normalized spacial score (nSPS) is 24.3. The Morgan fingerprint density at radius 3 is 3.33 bits per heavy atom. The summed E-state index contributed by atoms with van der Waals surface area (Å²) in [5.74, 6) is 0. The van der Waals surface area contributed by atoms with E-state index in [9.17, 15) is 0 Å². The molecule has 2 N–H and O–H groups in total. The summed E-state index contributed by atoms with van der Waals surface area (Å²) in [6.45, 7) is 0. The molecule has 3 nitrogen and oxygen atoms in total. The molecular formula is C6H8N2O. The minimum absolute atomic E-state index is 0.172. The fraction of sp³-hybridized carbons (Fsp3) is 0.500. The maximum absolute atomic E-state index is 9.09. The minimum Gasteiger partial charge on any atom is -0.392 e. The van der Waals surface area contributed by atoms with Gasteiger partial charge in [-0.25, -0.2) is 0 Å². The van der Waals surface area contributed by atoms with Gasteiger partial charge in [-0.15, -0.1) is 0 Å². The molecule has 0 saturated carbocycles. The number of rotatable bonds is 0. The van der Waals surface area contributed by atoms with E-state index in [-0.39, 0.29) is 6.10 Å². The molecule has 1 unspecified atom stereocenters. The summed E-state index contributed by atoms with van der Waals surface area (Å²) in [6.07, 6.45) is 3.13. The van der Waals surface area contributed by atoms with Crippen molar-refractivity contribution in [1.82, 2.24) is 10.2 Å². The summed E-state index contributed by atoms with van der Waals surface area (Å²) >= 11 is 0. The Balaban J connectivity index is 2.39. The Morgan fingerprint density at radius 1 is 1.67 bits per heavy atom. The molecule has 0 aromatic carbocycles. The highest BCUT2D eigenvalue weighted by atomic mass is 16.3. The Morgan fingerprint density at radius 2 is 2.56 bits per heavy atom. The van der Waals surface area contributed by atoms with Crippen molar-refractivity contribution < 1.29 is 5.11 Å². The van der Waals surface area contributed by atoms with Crippen molar-refractivity contribution in [2.45, 2.75) is 18.9 Å². The number of H-pyrrole nitrogens is 1. The van der Waals surface area contributed by atoms with Gasteiger partial charge in [-0.3, -0.25) is 5.10 Å². The maximum Gasteiger partial charge on any atom is 0.0637 e. The molecule has 1 atom stereocenters. The fourth-order valence-electron chi connectivity index (χ4n) is 1.25. The molecule has 0 aliphatic heterocycles. The quantitative estimate of drug-likeness (QED) is 0.506. The maximum atomic E-state index is 9.09. The van der Waals surface area contributed by atoms with Crippen LogP contribution in [0.5, 0.6) is 0 Å². The molecule has 1 aromatic rings. The monoisotopic (exact) mass is 124 g/mol. The zero-order valence-electron chi connectivity index (χ0n) is 4.96. The SMILES string of the molecule is OC1Cc2cn[nH]c2C1. The van der Waals surface area contributed by atoms with Gasteiger partial charge in [0, 0.05) is 18.5 Å². The summed E-state index contributed by atoms with van der Waals surface area (Å²) in [5.41, 5.74) is 2.27. The van der Waals surface area contributed by atoms with E-state index in [1.54, 1.807) is 6.20 Å². The molecule has 1 aliphatic carbocycles. The van der Waals surface area contributed by atoms with Gasteiger partial charge in [0.2, 0.25) is 0 Å². The highest BCUT2D eigenvalue weighted by molar-refractivity contribution is 5.23. The van der Waals surface area contributed by atoms with Gasteiger partial charge in [0.1, 0.15) is 0 Å². The zero-order chi connectivity index (χ0) is 6.27. The van der Waals surface area contributed by atoms with Crippen molar-refractivity contribution in [1.29, 1.82) is 0 Å². The van der Waals surface area contributed by atoms with Gasteiger partial charge >= 0.3 is 0 Å². The number of aromatic nitrogens is 2. The van der Waals surface area contributed by atoms with E-state index in [1.807, 2.05) is 0 Å². The molecule has 1 aromatic heterocycles. The minimum atomic E-state index is -0.172. The standard InChI is InChI=1S/C6H8N2O/c9-5-1-4-3-7-8-6(4)2-5/h3,5,9H,1-2H2,(H,7,8). The Kier molecular flexibility index (Phi) is 0.873. The molecule has 0 saturated heterocycles. The van der Waals surface area contributed by atoms with Crippen LogP contribution >= 0.6 is 0 Å². The van der Waals surface area contributed by atoms with Crippen LogP contribution in [0, 0.1) is 0 Å². The third-order valence-corrected chi connectivity index (χ3v) is 1.70. The number of hydrogen-bond donors (Lipinski definition) is 2. The average Bonchev–Trinajstić information content (AvgIpc) is 2.22. The van der Waals surface area contributed by atoms with Crippen LogP contribution in [0.15, 0.2) is 6.20 Å². The van der Waals surface area contributed by atoms with Crippen LogP contribution in [-0.2, 0) is 12.8 Å². The van der Waals surface area contributed by atoms with Gasteiger partial charge in [0.15, 0.2) is 0 Å². The van der Waals surface area contributed by atoms with E-state index in [4.69, 9.17) is 5.11 Å². The topological polar surface area (TPSA) is 48.9 Å². The molecule has 48 valence electrons. The lowest BCUT2D eigenvalue weighted by molar-refractivity contribution is 0.186. The summed E-state index contributed by atoms with van der Waals surface area (Å²) in [5, 5.41) is 15.8. The van der Waals surface area contributed by atoms with Crippen molar-refractivity contribution in [3.05, 3.63) is 17.5 Å². The van der Waals surface area contributed by atoms with E-state index in [2.05, 4.69) is 10.2 Å². The molecular weight excluding hydrogens is 116 g/mol. The van der Waals surface area contributed by atoms with Crippen molar-refractivity contribution in [3.8, 4) is 0 Å². The van der Waals surface area contributed by atoms with Crippen molar-refractivity contribution in [2.75, 3.05) is 0 Å². The number of aromatic amines is 1. The van der Waals surface area contributed by atoms with Gasteiger partial charge < -0.3 is 5.11 Å². The van der Waals surface area contributed by atoms with E-state index >= 15 is 0 Å². The number of aliphatic hydroxyl groups excluding tert-OH is 1. The number of nitrogens with zero attached hydrogens (tertiary/aromatic N) is 1. The van der Waals surface area contributed by atoms with Crippen LogP contribution in [0.1, 0.15) is 11.3 Å². The molecule has 3 heteroatoms. The van der Waals surface area contributed by atoms with Crippen LogP contribution in [-0.4, -0.2) is 21.4 Å². The Hall–Kier alpha value is -0.830. The second-order valence-corrected chi connectivity index (χ2v) is 2.44. The van der Waals surface area contributed by atoms with E-state index in [1.165, 1.54) is 5.56 Å². The average molecular weight is 124 g/mol. The number of hydrogen-bond acceptors (Lipinski definition) is 2. The first-order valence-electron chi connectivity index (χ1n) is 3.05. The molecule has 2 rings (SSSR count). The number of nitrogens with one attached hydrogen (secondary N) is 1. The van der Waals surface area contributed by atoms with Crippen LogP contribution in [0.3, 0.4) is 0 Å². The lowest BCUT2D eigenvalue weighted by Crippen LogP contribution is -2.04. The highest BCUT2D eigenvalue weighted by Crippen LogP contribution is 2.18. The van der Waals surface area contributed by atoms with Gasteiger partial charge in [0.25, 0.3) is 0 Å². The van der Waals surface area contributed by atoms with Gasteiger partial charge in [-0.1, -0.05) is 0 Å². The number of aliphatic hydroxyl groups is 1. The summed E-state index contributed by atoms with van der Waals surface area (Å²) in [7, 11) is 0. The largest absolute Gasteiger partial charge is 0.392 e. The summed E-state index contributed by atoms with van der Waals surface area (Å²) in [4.78, 5) is 0. The van der Waals surface area contributed by atoms with Crippen molar-refractivity contribution in [2.24, 2.45) is 0 Å². The molecule has 0 bridgehead atoms. The third kappa shape index (κ3) is 0.650. The lowest BCUT2D eigenvalue weighted by atomic mass is 10.3. The molecule has 0 amide bonds. The predicted molar refractivity (Wildman–Crippen MR) is 32.0 cm³/mol. The molecule has 1 heterocycles. The van der Waals surface area contributed by atoms with E-state index in [0.29, 0.717) is 0 Å². The Labute approximate surface area is 52.7 Å². The van der Waals surface area contributed by atoms with Crippen LogP contribution in [0.4, 0.5) is 0 Å². The molecule has 0 spiro atoms.